The Labute approximate surface area is 190 Å². The second-order valence-electron chi connectivity index (χ2n) is 7.44. The van der Waals surface area contributed by atoms with Gasteiger partial charge in [-0.1, -0.05) is 50.2 Å². The topological polar surface area (TPSA) is 95.3 Å². The molecule has 0 fully saturated rings. The van der Waals surface area contributed by atoms with Crippen molar-refractivity contribution in [2.75, 3.05) is 5.32 Å². The maximum Gasteiger partial charge on any atom is 0.289 e. The Morgan fingerprint density at radius 3 is 2.58 bits per heavy atom. The molecule has 0 radical (unpaired) electrons. The van der Waals surface area contributed by atoms with Gasteiger partial charge in [0.2, 0.25) is 0 Å². The van der Waals surface area contributed by atoms with Gasteiger partial charge in [0.25, 0.3) is 6.08 Å². The fourth-order valence-corrected chi connectivity index (χ4v) is 3.96. The van der Waals surface area contributed by atoms with E-state index in [0.29, 0.717) is 16.8 Å². The first-order valence-corrected chi connectivity index (χ1v) is 10.9. The lowest BCUT2D eigenvalue weighted by Gasteiger charge is -2.23. The largest absolute Gasteiger partial charge is 0.360 e. The summed E-state index contributed by atoms with van der Waals surface area (Å²) >= 11 is 0. The van der Waals surface area contributed by atoms with Crippen molar-refractivity contribution >= 4 is 27.8 Å². The third-order valence-electron chi connectivity index (χ3n) is 5.40. The van der Waals surface area contributed by atoms with E-state index in [4.69, 9.17) is 5.41 Å². The van der Waals surface area contributed by atoms with E-state index in [-0.39, 0.29) is 11.7 Å². The van der Waals surface area contributed by atoms with Crippen molar-refractivity contribution in [3.05, 3.63) is 83.7 Å². The van der Waals surface area contributed by atoms with Crippen molar-refractivity contribution in [3.8, 4) is 5.69 Å². The van der Waals surface area contributed by atoms with Crippen LogP contribution in [-0.4, -0.2) is 24.5 Å². The number of para-hydroxylation sites is 1. The monoisotopic (exact) mass is 443 g/mol. The minimum atomic E-state index is -0.708. The maximum absolute atomic E-state index is 13.6. The molecule has 0 saturated heterocycles. The van der Waals surface area contributed by atoms with Gasteiger partial charge in [-0.3, -0.25) is 9.98 Å². The summed E-state index contributed by atoms with van der Waals surface area (Å²) in [7, 11) is 0. The van der Waals surface area contributed by atoms with Crippen LogP contribution in [0.5, 0.6) is 0 Å². The molecular weight excluding hydrogens is 417 g/mol. The number of nitrogens with zero attached hydrogens (tertiary/aromatic N) is 4. The zero-order valence-electron chi connectivity index (χ0n) is 19.0. The number of hydrogen-bond donors (Lipinski definition) is 3. The molecule has 1 atom stereocenters. The van der Waals surface area contributed by atoms with E-state index in [9.17, 15) is 4.39 Å². The lowest BCUT2D eigenvalue weighted by Crippen LogP contribution is -2.26. The fourth-order valence-electron chi connectivity index (χ4n) is 3.96. The van der Waals surface area contributed by atoms with Crippen molar-refractivity contribution in [2.24, 2.45) is 0 Å². The van der Waals surface area contributed by atoms with Gasteiger partial charge in [0.15, 0.2) is 11.5 Å². The molecule has 5 rings (SSSR count). The number of anilines is 1. The van der Waals surface area contributed by atoms with E-state index in [1.165, 1.54) is 6.33 Å². The summed E-state index contributed by atoms with van der Waals surface area (Å²) in [4.78, 5) is 14.6. The summed E-state index contributed by atoms with van der Waals surface area (Å²) in [5, 5.41) is 14.2. The van der Waals surface area contributed by atoms with E-state index in [1.807, 2.05) is 80.8 Å². The molecule has 0 unspecified atom stereocenters. The molecule has 0 amide bonds. The van der Waals surface area contributed by atoms with E-state index in [1.54, 1.807) is 0 Å². The molecule has 168 valence electrons. The number of aromatic nitrogens is 5. The standard InChI is InChI=1S/C23H20FN7.C2H6/c1-13-7-6-8-15-11-17(31(20(25)18(13)15)16-9-4-3-5-10-16)14(2)28-21-19-22(27-12-26-21)30-23(24)29-19;1-2/h3-12,14,25H,1-2H3,(H2,26,27,28,29,30);1-2H3/t14-;/m0./s1. The average molecular weight is 444 g/mol. The summed E-state index contributed by atoms with van der Waals surface area (Å²) in [6.45, 7) is 8.00. The SMILES string of the molecule is CC.Cc1cccc2cc([C@H](C)Nc3ncnc4nc(F)[nH]c34)n(-c3ccccc3)c(=N)c12. The van der Waals surface area contributed by atoms with Crippen LogP contribution in [0.2, 0.25) is 0 Å². The van der Waals surface area contributed by atoms with E-state index >= 15 is 0 Å². The van der Waals surface area contributed by atoms with Crippen LogP contribution in [0.15, 0.2) is 60.9 Å². The van der Waals surface area contributed by atoms with Gasteiger partial charge < -0.3 is 10.3 Å². The number of aromatic amines is 1. The average Bonchev–Trinajstić information content (AvgIpc) is 3.22. The molecule has 3 aromatic heterocycles. The lowest BCUT2D eigenvalue weighted by molar-refractivity contribution is 0.556. The Bertz CT molecular complexity index is 1470. The van der Waals surface area contributed by atoms with E-state index in [0.717, 1.165) is 27.7 Å². The molecule has 3 N–H and O–H groups in total. The van der Waals surface area contributed by atoms with Crippen LogP contribution in [0.1, 0.15) is 38.1 Å². The summed E-state index contributed by atoms with van der Waals surface area (Å²) in [5.74, 6) is 0.449. The normalized spacial score (nSPS) is 11.8. The molecule has 5 aromatic rings. The summed E-state index contributed by atoms with van der Waals surface area (Å²) in [6.07, 6.45) is 0.642. The number of pyridine rings is 1. The first-order chi connectivity index (χ1) is 16.0. The van der Waals surface area contributed by atoms with Gasteiger partial charge in [-0.2, -0.15) is 9.37 Å². The van der Waals surface area contributed by atoms with Gasteiger partial charge in [0, 0.05) is 16.8 Å². The number of aryl methyl sites for hydroxylation is 1. The highest BCUT2D eigenvalue weighted by Crippen LogP contribution is 2.26. The lowest BCUT2D eigenvalue weighted by atomic mass is 10.0. The number of benzene rings is 2. The number of halogens is 1. The quantitative estimate of drug-likeness (QED) is 0.323. The molecule has 0 aliphatic heterocycles. The second kappa shape index (κ2) is 9.20. The minimum absolute atomic E-state index is 0.251. The van der Waals surface area contributed by atoms with Gasteiger partial charge in [0.1, 0.15) is 17.3 Å². The predicted octanol–water partition coefficient (Wildman–Crippen LogP) is 5.42. The first-order valence-electron chi connectivity index (χ1n) is 10.9. The Morgan fingerprint density at radius 1 is 1.06 bits per heavy atom. The van der Waals surface area contributed by atoms with E-state index in [2.05, 4.69) is 31.3 Å². The number of H-pyrrole nitrogens is 1. The first kappa shape index (κ1) is 22.1. The summed E-state index contributed by atoms with van der Waals surface area (Å²) < 4.78 is 15.6. The molecule has 0 spiro atoms. The maximum atomic E-state index is 13.6. The highest BCUT2D eigenvalue weighted by atomic mass is 19.1. The Hall–Kier alpha value is -4.07. The van der Waals surface area contributed by atoms with Gasteiger partial charge in [-0.25, -0.2) is 9.97 Å². The van der Waals surface area contributed by atoms with Gasteiger partial charge in [-0.05, 0) is 43.0 Å². The number of imidazole rings is 1. The Balaban J connectivity index is 0.00000126. The van der Waals surface area contributed by atoms with Crippen molar-refractivity contribution in [1.29, 1.82) is 5.41 Å². The van der Waals surface area contributed by atoms with Crippen LogP contribution in [0.3, 0.4) is 0 Å². The second-order valence-corrected chi connectivity index (χ2v) is 7.44. The summed E-state index contributed by atoms with van der Waals surface area (Å²) in [6, 6.07) is 17.7. The zero-order chi connectivity index (χ0) is 23.5. The van der Waals surface area contributed by atoms with Gasteiger partial charge in [0.05, 0.1) is 6.04 Å². The molecule has 7 nitrogen and oxygen atoms in total. The highest BCUT2D eigenvalue weighted by molar-refractivity contribution is 5.86. The molecule has 8 heteroatoms. The van der Waals surface area contributed by atoms with Gasteiger partial charge >= 0.3 is 0 Å². The smallest absolute Gasteiger partial charge is 0.289 e. The highest BCUT2D eigenvalue weighted by Gasteiger charge is 2.18. The summed E-state index contributed by atoms with van der Waals surface area (Å²) in [5.41, 5.74) is 3.88. The Morgan fingerprint density at radius 2 is 1.82 bits per heavy atom. The van der Waals surface area contributed by atoms with Crippen LogP contribution in [0, 0.1) is 18.4 Å². The van der Waals surface area contributed by atoms with Crippen molar-refractivity contribution in [2.45, 2.75) is 33.7 Å². The van der Waals surface area contributed by atoms with Crippen LogP contribution >= 0.6 is 0 Å². The molecule has 2 aromatic carbocycles. The van der Waals surface area contributed by atoms with Crippen LogP contribution in [0.25, 0.3) is 27.6 Å². The molecular formula is C25H26FN7. The third kappa shape index (κ3) is 4.07. The van der Waals surface area contributed by atoms with Crippen molar-refractivity contribution in [1.82, 2.24) is 24.5 Å². The minimum Gasteiger partial charge on any atom is -0.360 e. The number of rotatable bonds is 4. The van der Waals surface area contributed by atoms with Crippen molar-refractivity contribution < 1.29 is 4.39 Å². The Kier molecular flexibility index (Phi) is 6.17. The van der Waals surface area contributed by atoms with E-state index < -0.39 is 6.08 Å². The predicted molar refractivity (Wildman–Crippen MR) is 129 cm³/mol. The number of fused-ring (bicyclic) bond motifs is 2. The molecule has 0 aliphatic carbocycles. The third-order valence-corrected chi connectivity index (χ3v) is 5.40. The van der Waals surface area contributed by atoms with Crippen LogP contribution in [0.4, 0.5) is 10.2 Å². The number of nitrogens with one attached hydrogen (secondary N) is 3. The molecule has 0 bridgehead atoms. The number of hydrogen-bond acceptors (Lipinski definition) is 5. The van der Waals surface area contributed by atoms with Gasteiger partial charge in [-0.15, -0.1) is 0 Å². The van der Waals surface area contributed by atoms with Crippen molar-refractivity contribution in [3.63, 3.8) is 0 Å². The molecule has 33 heavy (non-hydrogen) atoms. The zero-order valence-corrected chi connectivity index (χ0v) is 19.0. The van der Waals surface area contributed by atoms with Crippen LogP contribution < -0.4 is 10.8 Å². The fraction of sp³-hybridized carbons (Fsp3) is 0.200. The molecule has 0 aliphatic rings. The molecule has 0 saturated carbocycles. The molecule has 3 heterocycles. The van der Waals surface area contributed by atoms with Crippen LogP contribution in [-0.2, 0) is 0 Å².